The zero-order valence-electron chi connectivity index (χ0n) is 15.3. The van der Waals surface area contributed by atoms with Gasteiger partial charge in [0, 0.05) is 44.5 Å². The number of imidazole rings is 1. The number of hydrogen-bond donors (Lipinski definition) is 0. The average Bonchev–Trinajstić information content (AvgIpc) is 3.40. The molecular weight excluding hydrogens is 328 g/mol. The molecule has 1 saturated heterocycles. The van der Waals surface area contributed by atoms with Crippen molar-refractivity contribution >= 4 is 17.1 Å². The van der Waals surface area contributed by atoms with Crippen LogP contribution < -0.4 is 0 Å². The number of aromatic nitrogens is 5. The molecule has 4 rings (SSSR count). The Morgan fingerprint density at radius 2 is 2.19 bits per heavy atom. The number of amides is 1. The number of carbonyl (C=O) groups excluding carboxylic acids is 1. The lowest BCUT2D eigenvalue weighted by molar-refractivity contribution is 0.0783. The van der Waals surface area contributed by atoms with Crippen molar-refractivity contribution in [1.82, 2.24) is 29.2 Å². The van der Waals surface area contributed by atoms with E-state index in [-0.39, 0.29) is 11.8 Å². The van der Waals surface area contributed by atoms with Gasteiger partial charge in [-0.3, -0.25) is 9.48 Å². The lowest BCUT2D eigenvalue weighted by Crippen LogP contribution is -2.29. The maximum atomic E-state index is 12.7. The van der Waals surface area contributed by atoms with Crippen LogP contribution in [0.15, 0.2) is 30.6 Å². The fraction of sp³-hybridized carbons (Fsp3) is 0.474. The summed E-state index contributed by atoms with van der Waals surface area (Å²) in [4.78, 5) is 24.0. The van der Waals surface area contributed by atoms with Crippen molar-refractivity contribution in [2.75, 3.05) is 13.1 Å². The number of carbonyl (C=O) groups is 1. The summed E-state index contributed by atoms with van der Waals surface area (Å²) in [7, 11) is 0. The van der Waals surface area contributed by atoms with E-state index in [9.17, 15) is 4.79 Å². The summed E-state index contributed by atoms with van der Waals surface area (Å²) in [5.74, 6) is 1.30. The molecular formula is C19H24N6O. The minimum atomic E-state index is 0.0102. The molecule has 0 aliphatic carbocycles. The van der Waals surface area contributed by atoms with Crippen molar-refractivity contribution in [3.05, 3.63) is 42.1 Å². The minimum absolute atomic E-state index is 0.0102. The average molecular weight is 352 g/mol. The van der Waals surface area contributed by atoms with Gasteiger partial charge in [0.05, 0.1) is 0 Å². The normalized spacial score (nSPS) is 17.3. The molecule has 1 atom stereocenters. The van der Waals surface area contributed by atoms with Crippen LogP contribution in [-0.4, -0.2) is 48.2 Å². The topological polar surface area (TPSA) is 68.8 Å². The molecule has 0 saturated carbocycles. The number of hydrogen-bond acceptors (Lipinski definition) is 4. The lowest BCUT2D eigenvalue weighted by atomic mass is 10.1. The van der Waals surface area contributed by atoms with Crippen LogP contribution in [0.25, 0.3) is 11.2 Å². The van der Waals surface area contributed by atoms with Crippen LogP contribution in [0, 0.1) is 0 Å². The summed E-state index contributed by atoms with van der Waals surface area (Å²) < 4.78 is 4.01. The highest BCUT2D eigenvalue weighted by atomic mass is 16.2. The molecule has 0 aromatic carbocycles. The summed E-state index contributed by atoms with van der Waals surface area (Å²) in [6, 6.07) is 5.73. The van der Waals surface area contributed by atoms with Crippen molar-refractivity contribution in [2.24, 2.45) is 0 Å². The SMILES string of the molecule is CCCn1c(C2CCN(C(=O)c3ccn(CC)n3)C2)nc2cccnc21. The Balaban J connectivity index is 1.58. The van der Waals surface area contributed by atoms with Gasteiger partial charge in [0.25, 0.3) is 5.91 Å². The second-order valence-electron chi connectivity index (χ2n) is 6.76. The zero-order valence-corrected chi connectivity index (χ0v) is 15.3. The highest BCUT2D eigenvalue weighted by Gasteiger charge is 2.32. The van der Waals surface area contributed by atoms with Gasteiger partial charge in [0.15, 0.2) is 5.65 Å². The number of pyridine rings is 1. The molecule has 1 unspecified atom stereocenters. The first-order valence-electron chi connectivity index (χ1n) is 9.35. The van der Waals surface area contributed by atoms with Gasteiger partial charge in [-0.15, -0.1) is 0 Å². The standard InChI is InChI=1S/C19H24N6O/c1-3-10-25-17(21-15-6-5-9-20-18(15)25)14-7-11-23(13-14)19(26)16-8-12-24(4-2)22-16/h5-6,8-9,12,14H,3-4,7,10-11,13H2,1-2H3. The minimum Gasteiger partial charge on any atom is -0.336 e. The third kappa shape index (κ3) is 2.87. The Kier molecular flexibility index (Phi) is 4.44. The molecule has 3 aromatic heterocycles. The second kappa shape index (κ2) is 6.90. The van der Waals surface area contributed by atoms with Crippen LogP contribution >= 0.6 is 0 Å². The highest BCUT2D eigenvalue weighted by molar-refractivity contribution is 5.92. The molecule has 7 nitrogen and oxygen atoms in total. The predicted octanol–water partition coefficient (Wildman–Crippen LogP) is 2.69. The molecule has 1 aliphatic rings. The molecule has 3 aromatic rings. The first-order chi connectivity index (χ1) is 12.7. The molecule has 1 fully saturated rings. The maximum absolute atomic E-state index is 12.7. The molecule has 0 bridgehead atoms. The van der Waals surface area contributed by atoms with Gasteiger partial charge in [-0.25, -0.2) is 9.97 Å². The summed E-state index contributed by atoms with van der Waals surface area (Å²) in [5.41, 5.74) is 2.40. The van der Waals surface area contributed by atoms with E-state index < -0.39 is 0 Å². The monoisotopic (exact) mass is 352 g/mol. The van der Waals surface area contributed by atoms with E-state index in [1.165, 1.54) is 0 Å². The number of rotatable bonds is 5. The molecule has 0 N–H and O–H groups in total. The lowest BCUT2D eigenvalue weighted by Gasteiger charge is -2.16. The largest absolute Gasteiger partial charge is 0.336 e. The van der Waals surface area contributed by atoms with Gasteiger partial charge in [0.2, 0.25) is 0 Å². The molecule has 0 spiro atoms. The summed E-state index contributed by atoms with van der Waals surface area (Å²) in [6.07, 6.45) is 5.62. The number of aryl methyl sites for hydroxylation is 2. The maximum Gasteiger partial charge on any atom is 0.274 e. The van der Waals surface area contributed by atoms with Crippen LogP contribution in [0.1, 0.15) is 48.9 Å². The Morgan fingerprint density at radius 1 is 1.31 bits per heavy atom. The second-order valence-corrected chi connectivity index (χ2v) is 6.76. The van der Waals surface area contributed by atoms with Crippen molar-refractivity contribution < 1.29 is 4.79 Å². The molecule has 1 amide bonds. The van der Waals surface area contributed by atoms with E-state index >= 15 is 0 Å². The van der Waals surface area contributed by atoms with Crippen LogP contribution in [-0.2, 0) is 13.1 Å². The fourth-order valence-corrected chi connectivity index (χ4v) is 3.70. The van der Waals surface area contributed by atoms with Crippen LogP contribution in [0.5, 0.6) is 0 Å². The van der Waals surface area contributed by atoms with Crippen molar-refractivity contribution in [2.45, 2.75) is 45.7 Å². The predicted molar refractivity (Wildman–Crippen MR) is 99.0 cm³/mol. The van der Waals surface area contributed by atoms with E-state index in [4.69, 9.17) is 4.98 Å². The number of likely N-dealkylation sites (tertiary alicyclic amines) is 1. The van der Waals surface area contributed by atoms with Crippen LogP contribution in [0.4, 0.5) is 0 Å². The first-order valence-corrected chi connectivity index (χ1v) is 9.35. The van der Waals surface area contributed by atoms with E-state index in [0.29, 0.717) is 12.2 Å². The van der Waals surface area contributed by atoms with Gasteiger partial charge < -0.3 is 9.47 Å². The van der Waals surface area contributed by atoms with E-state index in [1.54, 1.807) is 10.7 Å². The van der Waals surface area contributed by atoms with Gasteiger partial charge in [-0.05, 0) is 38.0 Å². The number of nitrogens with zero attached hydrogens (tertiary/aromatic N) is 6. The summed E-state index contributed by atoms with van der Waals surface area (Å²) >= 11 is 0. The zero-order chi connectivity index (χ0) is 18.1. The summed E-state index contributed by atoms with van der Waals surface area (Å²) in [6.45, 7) is 7.26. The quantitative estimate of drug-likeness (QED) is 0.708. The van der Waals surface area contributed by atoms with E-state index in [2.05, 4.69) is 21.6 Å². The third-order valence-electron chi connectivity index (χ3n) is 5.00. The molecule has 1 aliphatic heterocycles. The molecule has 4 heterocycles. The Labute approximate surface area is 152 Å². The van der Waals surface area contributed by atoms with Crippen molar-refractivity contribution in [3.8, 4) is 0 Å². The van der Waals surface area contributed by atoms with Crippen molar-refractivity contribution in [1.29, 1.82) is 0 Å². The molecule has 26 heavy (non-hydrogen) atoms. The van der Waals surface area contributed by atoms with E-state index in [0.717, 1.165) is 49.5 Å². The molecule has 7 heteroatoms. The molecule has 0 radical (unpaired) electrons. The first kappa shape index (κ1) is 16.8. The van der Waals surface area contributed by atoms with Gasteiger partial charge in [-0.2, -0.15) is 5.10 Å². The van der Waals surface area contributed by atoms with Crippen LogP contribution in [0.2, 0.25) is 0 Å². The van der Waals surface area contributed by atoms with Gasteiger partial charge in [0.1, 0.15) is 17.0 Å². The Morgan fingerprint density at radius 3 is 2.96 bits per heavy atom. The highest BCUT2D eigenvalue weighted by Crippen LogP contribution is 2.29. The smallest absolute Gasteiger partial charge is 0.274 e. The van der Waals surface area contributed by atoms with Crippen LogP contribution in [0.3, 0.4) is 0 Å². The van der Waals surface area contributed by atoms with Gasteiger partial charge >= 0.3 is 0 Å². The van der Waals surface area contributed by atoms with Crippen molar-refractivity contribution in [3.63, 3.8) is 0 Å². The fourth-order valence-electron chi connectivity index (χ4n) is 3.70. The summed E-state index contributed by atoms with van der Waals surface area (Å²) in [5, 5.41) is 4.35. The van der Waals surface area contributed by atoms with Gasteiger partial charge in [-0.1, -0.05) is 6.92 Å². The Hall–Kier alpha value is -2.70. The Bertz CT molecular complexity index is 927. The molecule has 136 valence electrons. The number of fused-ring (bicyclic) bond motifs is 1. The van der Waals surface area contributed by atoms with E-state index in [1.807, 2.05) is 36.4 Å². The third-order valence-corrected chi connectivity index (χ3v) is 5.00.